The summed E-state index contributed by atoms with van der Waals surface area (Å²) in [5, 5.41) is 10.7. The molecule has 0 radical (unpaired) electrons. The molecule has 3 rings (SSSR count). The number of aliphatic hydroxyl groups is 1. The van der Waals surface area contributed by atoms with Gasteiger partial charge in [0.25, 0.3) is 0 Å². The first kappa shape index (κ1) is 19.0. The monoisotopic (exact) mass is 367 g/mol. The number of allylic oxidation sites excluding steroid dienone is 1. The maximum atomic E-state index is 13.2. The Morgan fingerprint density at radius 2 is 1.89 bits per heavy atom. The predicted molar refractivity (Wildman–Crippen MR) is 104 cm³/mol. The highest BCUT2D eigenvalue weighted by atomic mass is 16.7. The van der Waals surface area contributed by atoms with Crippen LogP contribution in [0.3, 0.4) is 0 Å². The average Bonchev–Trinajstić information content (AvgIpc) is 3.18. The molecule has 27 heavy (non-hydrogen) atoms. The van der Waals surface area contributed by atoms with Gasteiger partial charge in [-0.1, -0.05) is 42.5 Å². The van der Waals surface area contributed by atoms with Crippen molar-refractivity contribution in [2.24, 2.45) is 0 Å². The highest BCUT2D eigenvalue weighted by Gasteiger charge is 2.30. The lowest BCUT2D eigenvalue weighted by Gasteiger charge is -2.32. The zero-order chi connectivity index (χ0) is 19.4. The summed E-state index contributed by atoms with van der Waals surface area (Å²) < 4.78 is 10.8. The van der Waals surface area contributed by atoms with Crippen LogP contribution in [0.5, 0.6) is 11.5 Å². The van der Waals surface area contributed by atoms with Gasteiger partial charge in [0.05, 0.1) is 18.1 Å². The second-order valence-corrected chi connectivity index (χ2v) is 6.73. The maximum absolute atomic E-state index is 13.2. The molecule has 1 amide bonds. The minimum absolute atomic E-state index is 0.0729. The van der Waals surface area contributed by atoms with E-state index in [-0.39, 0.29) is 18.7 Å². The third kappa shape index (κ3) is 3.98. The van der Waals surface area contributed by atoms with Gasteiger partial charge in [-0.05, 0) is 36.6 Å². The second-order valence-electron chi connectivity index (χ2n) is 6.73. The topological polar surface area (TPSA) is 59.0 Å². The average molecular weight is 367 g/mol. The number of fused-ring (bicyclic) bond motifs is 1. The van der Waals surface area contributed by atoms with Gasteiger partial charge >= 0.3 is 0 Å². The van der Waals surface area contributed by atoms with Gasteiger partial charge < -0.3 is 19.5 Å². The quantitative estimate of drug-likeness (QED) is 0.759. The molecule has 0 saturated carbocycles. The minimum Gasteiger partial charge on any atom is -0.454 e. The van der Waals surface area contributed by atoms with Gasteiger partial charge in [-0.3, -0.25) is 4.79 Å². The van der Waals surface area contributed by atoms with E-state index in [4.69, 9.17) is 9.47 Å². The lowest BCUT2D eigenvalue weighted by Crippen LogP contribution is -2.41. The number of likely N-dealkylation sites (N-methyl/N-ethyl adjacent to an activating group) is 1. The van der Waals surface area contributed by atoms with Crippen molar-refractivity contribution in [3.8, 4) is 11.5 Å². The normalized spacial score (nSPS) is 15.7. The molecule has 0 aromatic heterocycles. The number of hydrogen-bond donors (Lipinski definition) is 1. The van der Waals surface area contributed by atoms with Crippen molar-refractivity contribution in [2.75, 3.05) is 13.8 Å². The summed E-state index contributed by atoms with van der Waals surface area (Å²) in [4.78, 5) is 14.8. The van der Waals surface area contributed by atoms with Crippen LogP contribution in [0.2, 0.25) is 0 Å². The second kappa shape index (κ2) is 8.27. The van der Waals surface area contributed by atoms with Crippen LogP contribution in [0.15, 0.2) is 61.2 Å². The smallest absolute Gasteiger partial charge is 0.231 e. The van der Waals surface area contributed by atoms with E-state index in [0.29, 0.717) is 17.9 Å². The molecule has 0 unspecified atom stereocenters. The number of hydrogen-bond acceptors (Lipinski definition) is 4. The van der Waals surface area contributed by atoms with Crippen LogP contribution in [-0.4, -0.2) is 35.8 Å². The van der Waals surface area contributed by atoms with Crippen molar-refractivity contribution in [1.82, 2.24) is 4.90 Å². The molecule has 3 atom stereocenters. The van der Waals surface area contributed by atoms with Crippen molar-refractivity contribution in [3.63, 3.8) is 0 Å². The van der Waals surface area contributed by atoms with Crippen molar-refractivity contribution in [3.05, 3.63) is 72.3 Å². The summed E-state index contributed by atoms with van der Waals surface area (Å²) in [6.07, 6.45) is 1.47. The van der Waals surface area contributed by atoms with Crippen LogP contribution in [0.4, 0.5) is 0 Å². The van der Waals surface area contributed by atoms with E-state index in [2.05, 4.69) is 6.58 Å². The Bertz CT molecular complexity index is 805. The SMILES string of the molecule is C=CC[C@H](C(=O)N(C)[C@H](C)[C@H](O)c1ccccc1)c1ccc2c(c1)OCO2. The number of carbonyl (C=O) groups excluding carboxylic acids is 1. The maximum Gasteiger partial charge on any atom is 0.231 e. The van der Waals surface area contributed by atoms with E-state index < -0.39 is 12.0 Å². The van der Waals surface area contributed by atoms with Crippen LogP contribution in [0.25, 0.3) is 0 Å². The van der Waals surface area contributed by atoms with Gasteiger partial charge in [0.1, 0.15) is 0 Å². The molecule has 0 bridgehead atoms. The van der Waals surface area contributed by atoms with Crippen LogP contribution in [-0.2, 0) is 4.79 Å². The molecule has 1 heterocycles. The highest BCUT2D eigenvalue weighted by molar-refractivity contribution is 5.84. The zero-order valence-electron chi connectivity index (χ0n) is 15.7. The molecule has 5 nitrogen and oxygen atoms in total. The number of carbonyl (C=O) groups is 1. The van der Waals surface area contributed by atoms with Crippen molar-refractivity contribution >= 4 is 5.91 Å². The summed E-state index contributed by atoms with van der Waals surface area (Å²) in [6.45, 7) is 5.83. The molecule has 0 saturated heterocycles. The molecular weight excluding hydrogens is 342 g/mol. The molecule has 2 aromatic rings. The Labute approximate surface area is 159 Å². The van der Waals surface area contributed by atoms with Crippen molar-refractivity contribution in [1.29, 1.82) is 0 Å². The molecular formula is C22H25NO4. The predicted octanol–water partition coefficient (Wildman–Crippen LogP) is 3.66. The first-order valence-corrected chi connectivity index (χ1v) is 9.03. The number of rotatable bonds is 7. The Kier molecular flexibility index (Phi) is 5.81. The molecule has 2 aromatic carbocycles. The largest absolute Gasteiger partial charge is 0.454 e. The summed E-state index contributed by atoms with van der Waals surface area (Å²) in [6, 6.07) is 14.5. The van der Waals surface area contributed by atoms with Gasteiger partial charge in [-0.25, -0.2) is 0 Å². The van der Waals surface area contributed by atoms with Crippen LogP contribution >= 0.6 is 0 Å². The standard InChI is InChI=1S/C22H25NO4/c1-4-8-18(17-11-12-19-20(13-17)27-14-26-19)22(25)23(3)15(2)21(24)16-9-6-5-7-10-16/h4-7,9-13,15,18,21,24H,1,8,14H2,2-3H3/t15-,18+,21+/m1/s1. The lowest BCUT2D eigenvalue weighted by atomic mass is 9.92. The van der Waals surface area contributed by atoms with Gasteiger partial charge in [0.2, 0.25) is 12.7 Å². The summed E-state index contributed by atoms with van der Waals surface area (Å²) in [7, 11) is 1.72. The number of amides is 1. The van der Waals surface area contributed by atoms with Crippen LogP contribution in [0, 0.1) is 0 Å². The van der Waals surface area contributed by atoms with E-state index in [0.717, 1.165) is 11.1 Å². The Morgan fingerprint density at radius 1 is 1.19 bits per heavy atom. The van der Waals surface area contributed by atoms with Gasteiger partial charge in [-0.2, -0.15) is 0 Å². The fraction of sp³-hybridized carbons (Fsp3) is 0.318. The molecule has 142 valence electrons. The van der Waals surface area contributed by atoms with Crippen molar-refractivity contribution in [2.45, 2.75) is 31.4 Å². The first-order chi connectivity index (χ1) is 13.0. The van der Waals surface area contributed by atoms with Crippen molar-refractivity contribution < 1.29 is 19.4 Å². The number of ether oxygens (including phenoxy) is 2. The summed E-state index contributed by atoms with van der Waals surface area (Å²) >= 11 is 0. The highest BCUT2D eigenvalue weighted by Crippen LogP contribution is 2.36. The van der Waals surface area contributed by atoms with Crippen LogP contribution < -0.4 is 9.47 Å². The minimum atomic E-state index is -0.763. The van der Waals surface area contributed by atoms with E-state index >= 15 is 0 Å². The third-order valence-corrected chi connectivity index (χ3v) is 5.06. The number of aliphatic hydroxyl groups excluding tert-OH is 1. The number of nitrogens with zero attached hydrogens (tertiary/aromatic N) is 1. The van der Waals surface area contributed by atoms with Gasteiger partial charge in [-0.15, -0.1) is 6.58 Å². The molecule has 1 aliphatic rings. The molecule has 1 aliphatic heterocycles. The van der Waals surface area contributed by atoms with Gasteiger partial charge in [0, 0.05) is 7.05 Å². The Hall–Kier alpha value is -2.79. The molecule has 0 fully saturated rings. The van der Waals surface area contributed by atoms with E-state index in [1.165, 1.54) is 0 Å². The van der Waals surface area contributed by atoms with Gasteiger partial charge in [0.15, 0.2) is 11.5 Å². The fourth-order valence-corrected chi connectivity index (χ4v) is 3.26. The summed E-state index contributed by atoms with van der Waals surface area (Å²) in [5.74, 6) is 0.864. The lowest BCUT2D eigenvalue weighted by molar-refractivity contribution is -0.135. The zero-order valence-corrected chi connectivity index (χ0v) is 15.7. The summed E-state index contributed by atoms with van der Waals surface area (Å²) in [5.41, 5.74) is 1.63. The van der Waals surface area contributed by atoms with E-state index in [1.807, 2.05) is 55.5 Å². The molecule has 5 heteroatoms. The fourth-order valence-electron chi connectivity index (χ4n) is 3.26. The van der Waals surface area contributed by atoms with E-state index in [1.54, 1.807) is 18.0 Å². The Balaban J connectivity index is 1.80. The molecule has 1 N–H and O–H groups in total. The first-order valence-electron chi connectivity index (χ1n) is 9.03. The van der Waals surface area contributed by atoms with E-state index in [9.17, 15) is 9.90 Å². The Morgan fingerprint density at radius 3 is 2.59 bits per heavy atom. The number of benzene rings is 2. The third-order valence-electron chi connectivity index (χ3n) is 5.06. The van der Waals surface area contributed by atoms with Crippen LogP contribution in [0.1, 0.15) is 36.5 Å². The molecule has 0 spiro atoms. The molecule has 0 aliphatic carbocycles.